The topological polar surface area (TPSA) is 96.0 Å². The molecule has 2 amide bonds. The third kappa shape index (κ3) is 7.35. The SMILES string of the molecule is COc1ccc(C)cc1N(CC(=O)N(Cc1ccc(F)cc1)[C@H](C)C(=O)NC(C)C)S(=O)(=O)c1ccccc1. The van der Waals surface area contributed by atoms with Crippen LogP contribution in [0.15, 0.2) is 77.7 Å². The molecule has 0 saturated heterocycles. The van der Waals surface area contributed by atoms with E-state index in [1.807, 2.05) is 0 Å². The van der Waals surface area contributed by atoms with Gasteiger partial charge in [-0.2, -0.15) is 0 Å². The molecule has 3 aromatic carbocycles. The van der Waals surface area contributed by atoms with E-state index in [0.717, 1.165) is 9.87 Å². The number of hydrogen-bond donors (Lipinski definition) is 1. The van der Waals surface area contributed by atoms with Crippen LogP contribution in [0.3, 0.4) is 0 Å². The van der Waals surface area contributed by atoms with Crippen LogP contribution in [0.5, 0.6) is 5.75 Å². The van der Waals surface area contributed by atoms with Crippen molar-refractivity contribution in [3.63, 3.8) is 0 Å². The molecule has 3 aromatic rings. The van der Waals surface area contributed by atoms with Gasteiger partial charge in [0.15, 0.2) is 0 Å². The molecule has 0 aliphatic carbocycles. The lowest BCUT2D eigenvalue weighted by atomic mass is 10.1. The molecule has 0 unspecified atom stereocenters. The van der Waals surface area contributed by atoms with Crippen molar-refractivity contribution in [3.8, 4) is 5.75 Å². The first-order chi connectivity index (χ1) is 18.4. The maximum atomic E-state index is 13.9. The van der Waals surface area contributed by atoms with Crippen molar-refractivity contribution in [2.75, 3.05) is 18.0 Å². The quantitative estimate of drug-likeness (QED) is 0.381. The van der Waals surface area contributed by atoms with Crippen molar-refractivity contribution in [1.82, 2.24) is 10.2 Å². The van der Waals surface area contributed by atoms with Crippen molar-refractivity contribution >= 4 is 27.5 Å². The van der Waals surface area contributed by atoms with Crippen molar-refractivity contribution in [2.24, 2.45) is 0 Å². The Labute approximate surface area is 229 Å². The predicted octanol–water partition coefficient (Wildman–Crippen LogP) is 4.28. The highest BCUT2D eigenvalue weighted by molar-refractivity contribution is 7.92. The number of sulfonamides is 1. The van der Waals surface area contributed by atoms with E-state index >= 15 is 0 Å². The number of ether oxygens (including phenoxy) is 1. The number of carbonyl (C=O) groups excluding carboxylic acids is 2. The minimum Gasteiger partial charge on any atom is -0.495 e. The number of rotatable bonds is 11. The van der Waals surface area contributed by atoms with Crippen LogP contribution in [0.1, 0.15) is 31.9 Å². The number of anilines is 1. The standard InChI is InChI=1S/C29H34FN3O5S/c1-20(2)31-29(35)22(4)32(18-23-12-14-24(30)15-13-23)28(34)19-33(26-17-21(3)11-16-27(26)38-5)39(36,37)25-9-7-6-8-10-25/h6-17,20,22H,18-19H2,1-5H3,(H,31,35)/t22-/m1/s1. The Balaban J connectivity index is 2.08. The molecule has 10 heteroatoms. The van der Waals surface area contributed by atoms with E-state index in [2.05, 4.69) is 5.32 Å². The molecule has 3 rings (SSSR count). The molecule has 0 spiro atoms. The molecule has 1 N–H and O–H groups in total. The first-order valence-corrected chi connectivity index (χ1v) is 13.9. The number of nitrogens with one attached hydrogen (secondary N) is 1. The van der Waals surface area contributed by atoms with Crippen molar-refractivity contribution in [3.05, 3.63) is 89.7 Å². The summed E-state index contributed by atoms with van der Waals surface area (Å²) in [4.78, 5) is 28.2. The summed E-state index contributed by atoms with van der Waals surface area (Å²) >= 11 is 0. The van der Waals surface area contributed by atoms with Gasteiger partial charge in [0.05, 0.1) is 17.7 Å². The van der Waals surface area contributed by atoms with E-state index in [0.29, 0.717) is 5.56 Å². The number of halogens is 1. The van der Waals surface area contributed by atoms with Crippen molar-refractivity contribution in [1.29, 1.82) is 0 Å². The van der Waals surface area contributed by atoms with Crippen LogP contribution >= 0.6 is 0 Å². The second-order valence-electron chi connectivity index (χ2n) is 9.49. The second-order valence-corrected chi connectivity index (χ2v) is 11.3. The minimum atomic E-state index is -4.22. The Morgan fingerprint density at radius 2 is 1.62 bits per heavy atom. The Morgan fingerprint density at radius 3 is 2.21 bits per heavy atom. The van der Waals surface area contributed by atoms with Crippen molar-refractivity contribution < 1.29 is 27.1 Å². The summed E-state index contributed by atoms with van der Waals surface area (Å²) in [6, 6.07) is 17.3. The maximum absolute atomic E-state index is 13.9. The molecule has 8 nitrogen and oxygen atoms in total. The highest BCUT2D eigenvalue weighted by Crippen LogP contribution is 2.33. The lowest BCUT2D eigenvalue weighted by Crippen LogP contribution is -2.52. The van der Waals surface area contributed by atoms with Crippen LogP contribution in [0.2, 0.25) is 0 Å². The number of carbonyl (C=O) groups is 2. The molecule has 1 atom stereocenters. The van der Waals surface area contributed by atoms with E-state index in [9.17, 15) is 22.4 Å². The summed E-state index contributed by atoms with van der Waals surface area (Å²) < 4.78 is 47.8. The van der Waals surface area contributed by atoms with Crippen LogP contribution in [0.4, 0.5) is 10.1 Å². The highest BCUT2D eigenvalue weighted by Gasteiger charge is 2.34. The number of aryl methyl sites for hydroxylation is 1. The monoisotopic (exact) mass is 555 g/mol. The van der Waals surface area contributed by atoms with Crippen molar-refractivity contribution in [2.45, 2.75) is 51.2 Å². The van der Waals surface area contributed by atoms with Gasteiger partial charge in [-0.05, 0) is 75.2 Å². The van der Waals surface area contributed by atoms with Gasteiger partial charge in [0.25, 0.3) is 10.0 Å². The molecule has 39 heavy (non-hydrogen) atoms. The second kappa shape index (κ2) is 12.8. The summed E-state index contributed by atoms with van der Waals surface area (Å²) in [5, 5.41) is 2.79. The molecular weight excluding hydrogens is 521 g/mol. The zero-order valence-corrected chi connectivity index (χ0v) is 23.5. The normalized spacial score (nSPS) is 12.1. The van der Waals surface area contributed by atoms with Gasteiger partial charge in [-0.25, -0.2) is 12.8 Å². The van der Waals surface area contributed by atoms with Gasteiger partial charge in [0.1, 0.15) is 24.2 Å². The van der Waals surface area contributed by atoms with E-state index in [1.165, 1.54) is 48.4 Å². The average Bonchev–Trinajstić information content (AvgIpc) is 2.90. The van der Waals surface area contributed by atoms with Gasteiger partial charge < -0.3 is 15.0 Å². The Hall–Kier alpha value is -3.92. The predicted molar refractivity (Wildman–Crippen MR) is 148 cm³/mol. The summed E-state index contributed by atoms with van der Waals surface area (Å²) in [5.74, 6) is -1.18. The summed E-state index contributed by atoms with van der Waals surface area (Å²) in [7, 11) is -2.80. The summed E-state index contributed by atoms with van der Waals surface area (Å²) in [6.07, 6.45) is 0. The molecular formula is C29H34FN3O5S. The molecule has 0 saturated carbocycles. The fourth-order valence-corrected chi connectivity index (χ4v) is 5.44. The molecule has 0 heterocycles. The zero-order chi connectivity index (χ0) is 28.7. The number of hydrogen-bond acceptors (Lipinski definition) is 5. The van der Waals surface area contributed by atoms with Crippen LogP contribution in [0.25, 0.3) is 0 Å². The van der Waals surface area contributed by atoms with E-state index < -0.39 is 40.2 Å². The Morgan fingerprint density at radius 1 is 0.974 bits per heavy atom. The smallest absolute Gasteiger partial charge is 0.264 e. The first kappa shape index (κ1) is 29.6. The first-order valence-electron chi connectivity index (χ1n) is 12.5. The molecule has 208 valence electrons. The van der Waals surface area contributed by atoms with Gasteiger partial charge in [0.2, 0.25) is 11.8 Å². The maximum Gasteiger partial charge on any atom is 0.264 e. The lowest BCUT2D eigenvalue weighted by molar-refractivity contribution is -0.139. The molecule has 0 aliphatic rings. The fraction of sp³-hybridized carbons (Fsp3) is 0.310. The molecule has 0 radical (unpaired) electrons. The van der Waals surface area contributed by atoms with Crippen LogP contribution < -0.4 is 14.4 Å². The number of amides is 2. The highest BCUT2D eigenvalue weighted by atomic mass is 32.2. The van der Waals surface area contributed by atoms with E-state index in [-0.39, 0.29) is 28.9 Å². The summed E-state index contributed by atoms with van der Waals surface area (Å²) in [5.41, 5.74) is 1.54. The fourth-order valence-electron chi connectivity index (χ4n) is 4.00. The largest absolute Gasteiger partial charge is 0.495 e. The zero-order valence-electron chi connectivity index (χ0n) is 22.7. The Kier molecular flexibility index (Phi) is 9.69. The van der Waals surface area contributed by atoms with Gasteiger partial charge in [-0.3, -0.25) is 13.9 Å². The summed E-state index contributed by atoms with van der Waals surface area (Å²) in [6.45, 7) is 6.34. The third-order valence-electron chi connectivity index (χ3n) is 6.08. The molecule has 0 aliphatic heterocycles. The average molecular weight is 556 g/mol. The van der Waals surface area contributed by atoms with Gasteiger partial charge in [0, 0.05) is 12.6 Å². The van der Waals surface area contributed by atoms with Gasteiger partial charge >= 0.3 is 0 Å². The lowest BCUT2D eigenvalue weighted by Gasteiger charge is -2.32. The van der Waals surface area contributed by atoms with E-state index in [4.69, 9.17) is 4.74 Å². The number of benzene rings is 3. The molecule has 0 bridgehead atoms. The van der Waals surface area contributed by atoms with Crippen LogP contribution in [-0.2, 0) is 26.2 Å². The third-order valence-corrected chi connectivity index (χ3v) is 7.85. The van der Waals surface area contributed by atoms with Gasteiger partial charge in [-0.15, -0.1) is 0 Å². The van der Waals surface area contributed by atoms with Crippen LogP contribution in [-0.4, -0.2) is 50.9 Å². The number of nitrogens with zero attached hydrogens (tertiary/aromatic N) is 2. The molecule has 0 fully saturated rings. The Bertz CT molecular complexity index is 1400. The van der Waals surface area contributed by atoms with Gasteiger partial charge in [-0.1, -0.05) is 36.4 Å². The van der Waals surface area contributed by atoms with E-state index in [1.54, 1.807) is 64.1 Å². The molecule has 0 aromatic heterocycles. The van der Waals surface area contributed by atoms with Crippen LogP contribution in [0, 0.1) is 12.7 Å². The number of methoxy groups -OCH3 is 1. The minimum absolute atomic E-state index is 0.00274.